The standard InChI is InChI=1S/C15H22N2O.2C2H5I/c1-4-17(10-9-16(2)3)12-14-11-13-7-5-6-8-15(13)18-14;2*1-2-3/h5-8,11H,4,9-10,12H2,1-3H3;2*2H2,1H3. The van der Waals surface area contributed by atoms with E-state index < -0.39 is 0 Å². The predicted octanol–water partition coefficient (Wildman–Crippen LogP) is 5.70. The average molecular weight is 558 g/mol. The molecule has 0 atom stereocenters. The lowest BCUT2D eigenvalue weighted by Gasteiger charge is -2.21. The topological polar surface area (TPSA) is 19.6 Å². The fourth-order valence-electron chi connectivity index (χ4n) is 2.03. The molecule has 0 aliphatic heterocycles. The van der Waals surface area contributed by atoms with Gasteiger partial charge in [-0.15, -0.1) is 0 Å². The fraction of sp³-hybridized carbons (Fsp3) is 0.579. The van der Waals surface area contributed by atoms with E-state index in [9.17, 15) is 0 Å². The monoisotopic (exact) mass is 558 g/mol. The van der Waals surface area contributed by atoms with Gasteiger partial charge in [-0.25, -0.2) is 0 Å². The number of furan rings is 1. The Morgan fingerprint density at radius 1 is 0.958 bits per heavy atom. The van der Waals surface area contributed by atoms with Crippen LogP contribution in [0.4, 0.5) is 0 Å². The molecule has 0 aliphatic carbocycles. The van der Waals surface area contributed by atoms with Crippen LogP contribution in [0.1, 0.15) is 26.5 Å². The number of fused-ring (bicyclic) bond motifs is 1. The van der Waals surface area contributed by atoms with Crippen molar-refractivity contribution < 1.29 is 4.42 Å². The Bertz CT molecular complexity index is 494. The molecule has 2 rings (SSSR count). The molecule has 0 aliphatic rings. The highest BCUT2D eigenvalue weighted by Crippen LogP contribution is 2.19. The van der Waals surface area contributed by atoms with E-state index in [1.165, 1.54) is 14.2 Å². The Hall–Kier alpha value is 0.140. The summed E-state index contributed by atoms with van der Waals surface area (Å²) in [6.07, 6.45) is 0. The van der Waals surface area contributed by atoms with E-state index in [1.54, 1.807) is 0 Å². The van der Waals surface area contributed by atoms with Gasteiger partial charge in [0.15, 0.2) is 0 Å². The van der Waals surface area contributed by atoms with Gasteiger partial charge >= 0.3 is 0 Å². The number of rotatable bonds is 6. The second kappa shape index (κ2) is 15.4. The lowest BCUT2D eigenvalue weighted by Crippen LogP contribution is -2.31. The number of halogens is 2. The first-order valence-corrected chi connectivity index (χ1v) is 11.5. The lowest BCUT2D eigenvalue weighted by atomic mass is 10.2. The second-order valence-corrected chi connectivity index (χ2v) is 8.51. The largest absolute Gasteiger partial charge is 0.460 e. The summed E-state index contributed by atoms with van der Waals surface area (Å²) in [6, 6.07) is 10.3. The molecule has 3 nitrogen and oxygen atoms in total. The van der Waals surface area contributed by atoms with Gasteiger partial charge in [-0.05, 0) is 41.6 Å². The molecular weight excluding hydrogens is 526 g/mol. The number of para-hydroxylation sites is 1. The van der Waals surface area contributed by atoms with Gasteiger partial charge in [0.2, 0.25) is 0 Å². The third kappa shape index (κ3) is 10.9. The quantitative estimate of drug-likeness (QED) is 0.335. The Balaban J connectivity index is 0.000000772. The molecule has 0 bridgehead atoms. The summed E-state index contributed by atoms with van der Waals surface area (Å²) in [4.78, 5) is 4.61. The third-order valence-corrected chi connectivity index (χ3v) is 3.17. The van der Waals surface area contributed by atoms with Gasteiger partial charge in [0.05, 0.1) is 6.54 Å². The van der Waals surface area contributed by atoms with Crippen molar-refractivity contribution in [2.75, 3.05) is 42.6 Å². The van der Waals surface area contributed by atoms with Gasteiger partial charge in [-0.3, -0.25) is 4.90 Å². The molecule has 0 spiro atoms. The van der Waals surface area contributed by atoms with Gasteiger partial charge < -0.3 is 9.32 Å². The van der Waals surface area contributed by atoms with E-state index in [4.69, 9.17) is 4.42 Å². The summed E-state index contributed by atoms with van der Waals surface area (Å²) in [6.45, 7) is 10.5. The van der Waals surface area contributed by atoms with E-state index in [-0.39, 0.29) is 0 Å². The van der Waals surface area contributed by atoms with Crippen molar-refractivity contribution in [1.82, 2.24) is 9.80 Å². The van der Waals surface area contributed by atoms with Crippen molar-refractivity contribution in [3.63, 3.8) is 0 Å². The van der Waals surface area contributed by atoms with Crippen molar-refractivity contribution in [2.24, 2.45) is 0 Å². The smallest absolute Gasteiger partial charge is 0.134 e. The maximum absolute atomic E-state index is 5.85. The van der Waals surface area contributed by atoms with Gasteiger partial charge in [0, 0.05) is 18.5 Å². The van der Waals surface area contributed by atoms with Crippen LogP contribution in [0.3, 0.4) is 0 Å². The van der Waals surface area contributed by atoms with E-state index in [2.05, 4.69) is 102 Å². The second-order valence-electron chi connectivity index (χ2n) is 5.46. The van der Waals surface area contributed by atoms with Crippen LogP contribution in [-0.2, 0) is 6.54 Å². The van der Waals surface area contributed by atoms with Crippen molar-refractivity contribution in [2.45, 2.75) is 27.3 Å². The third-order valence-electron chi connectivity index (χ3n) is 3.17. The molecule has 0 amide bonds. The zero-order valence-electron chi connectivity index (χ0n) is 15.7. The van der Waals surface area contributed by atoms with Gasteiger partial charge in [0.25, 0.3) is 0 Å². The lowest BCUT2D eigenvalue weighted by molar-refractivity contribution is 0.229. The maximum atomic E-state index is 5.85. The van der Waals surface area contributed by atoms with Crippen molar-refractivity contribution in [3.8, 4) is 0 Å². The Morgan fingerprint density at radius 2 is 1.54 bits per heavy atom. The first-order valence-electron chi connectivity index (χ1n) is 8.48. The van der Waals surface area contributed by atoms with Crippen LogP contribution < -0.4 is 0 Å². The van der Waals surface area contributed by atoms with Gasteiger partial charge in [-0.1, -0.05) is 84.2 Å². The molecule has 24 heavy (non-hydrogen) atoms. The number of likely N-dealkylation sites (N-methyl/N-ethyl adjacent to an activating group) is 2. The number of hydrogen-bond donors (Lipinski definition) is 0. The molecule has 0 saturated carbocycles. The van der Waals surface area contributed by atoms with Crippen LogP contribution in [0.2, 0.25) is 0 Å². The van der Waals surface area contributed by atoms with Crippen LogP contribution in [0.5, 0.6) is 0 Å². The van der Waals surface area contributed by atoms with Gasteiger partial charge in [0.1, 0.15) is 11.3 Å². The van der Waals surface area contributed by atoms with E-state index in [0.717, 1.165) is 37.5 Å². The van der Waals surface area contributed by atoms with Crippen LogP contribution >= 0.6 is 45.2 Å². The van der Waals surface area contributed by atoms with Crippen LogP contribution in [-0.4, -0.2) is 52.4 Å². The highest BCUT2D eigenvalue weighted by molar-refractivity contribution is 14.1. The SMILES string of the molecule is CCI.CCI.CCN(CCN(C)C)Cc1cc2ccccc2o1. The summed E-state index contributed by atoms with van der Waals surface area (Å²) < 4.78 is 8.29. The Labute approximate surface area is 175 Å². The highest BCUT2D eigenvalue weighted by Gasteiger charge is 2.08. The molecular formula is C19H32I2N2O. The molecule has 1 heterocycles. The number of hydrogen-bond acceptors (Lipinski definition) is 3. The minimum Gasteiger partial charge on any atom is -0.460 e. The number of benzene rings is 1. The predicted molar refractivity (Wildman–Crippen MR) is 125 cm³/mol. The maximum Gasteiger partial charge on any atom is 0.134 e. The molecule has 1 aromatic carbocycles. The molecule has 5 heteroatoms. The van der Waals surface area contributed by atoms with E-state index in [0.29, 0.717) is 0 Å². The van der Waals surface area contributed by atoms with Crippen LogP contribution in [0.25, 0.3) is 11.0 Å². The molecule has 0 saturated heterocycles. The summed E-state index contributed by atoms with van der Waals surface area (Å²) in [5.41, 5.74) is 0.983. The van der Waals surface area contributed by atoms with Crippen molar-refractivity contribution in [3.05, 3.63) is 36.1 Å². The fourth-order valence-corrected chi connectivity index (χ4v) is 2.03. The molecule has 0 unspecified atom stereocenters. The first-order chi connectivity index (χ1) is 11.5. The van der Waals surface area contributed by atoms with Crippen molar-refractivity contribution >= 4 is 56.2 Å². The van der Waals surface area contributed by atoms with E-state index >= 15 is 0 Å². The normalized spacial score (nSPS) is 10.4. The minimum atomic E-state index is 0.888. The number of alkyl halides is 2. The summed E-state index contributed by atoms with van der Waals surface area (Å²) >= 11 is 4.58. The molecule has 138 valence electrons. The van der Waals surface area contributed by atoms with Crippen molar-refractivity contribution in [1.29, 1.82) is 0 Å². The Morgan fingerprint density at radius 3 is 2.04 bits per heavy atom. The zero-order chi connectivity index (χ0) is 18.4. The molecule has 2 aromatic rings. The molecule has 1 aromatic heterocycles. The van der Waals surface area contributed by atoms with Crippen LogP contribution in [0.15, 0.2) is 34.7 Å². The first kappa shape index (κ1) is 24.1. The minimum absolute atomic E-state index is 0.888. The molecule has 0 radical (unpaired) electrons. The van der Waals surface area contributed by atoms with E-state index in [1.807, 2.05) is 18.2 Å². The average Bonchev–Trinajstić information content (AvgIpc) is 2.95. The Kier molecular flexibility index (Phi) is 15.5. The highest BCUT2D eigenvalue weighted by atomic mass is 127. The summed E-state index contributed by atoms with van der Waals surface area (Å²) in [7, 11) is 4.21. The van der Waals surface area contributed by atoms with Gasteiger partial charge in [-0.2, -0.15) is 0 Å². The zero-order valence-corrected chi connectivity index (χ0v) is 20.0. The van der Waals surface area contributed by atoms with Crippen LogP contribution in [0, 0.1) is 0 Å². The number of nitrogens with zero attached hydrogens (tertiary/aromatic N) is 2. The summed E-state index contributed by atoms with van der Waals surface area (Å²) in [5.74, 6) is 1.05. The molecule has 0 fully saturated rings. The summed E-state index contributed by atoms with van der Waals surface area (Å²) in [5, 5.41) is 1.19. The molecule has 0 N–H and O–H groups in total.